The van der Waals surface area contributed by atoms with Crippen LogP contribution < -0.4 is 0 Å². The molecule has 0 bridgehead atoms. The Hall–Kier alpha value is 0.0200. The highest BCUT2D eigenvalue weighted by molar-refractivity contribution is 8.06. The van der Waals surface area contributed by atoms with Gasteiger partial charge >= 0.3 is 0 Å². The molecule has 0 saturated carbocycles. The van der Waals surface area contributed by atoms with Crippen molar-refractivity contribution >= 4 is 18.0 Å². The molecule has 0 aromatic carbocycles. The zero-order valence-electron chi connectivity index (χ0n) is 3.31. The third-order valence-electron chi connectivity index (χ3n) is 0.713. The Bertz CT molecular complexity index is 58.6. The molecular formula is C4H5OS. The van der Waals surface area contributed by atoms with E-state index in [4.69, 9.17) is 0 Å². The molecule has 1 radical (unpaired) electrons. The van der Waals surface area contributed by atoms with Crippen LogP contribution in [0.25, 0.3) is 0 Å². The fourth-order valence-corrected chi connectivity index (χ4v) is 0.719. The van der Waals surface area contributed by atoms with E-state index in [0.29, 0.717) is 11.7 Å². The molecule has 0 spiro atoms. The normalized spacial score (nSPS) is 29.7. The third-order valence-corrected chi connectivity index (χ3v) is 1.68. The summed E-state index contributed by atoms with van der Waals surface area (Å²) in [5.74, 6) is 1.18. The van der Waals surface area contributed by atoms with Crippen LogP contribution in [0.15, 0.2) is 0 Å². The van der Waals surface area contributed by atoms with Gasteiger partial charge in [0.05, 0.1) is 0 Å². The standard InChI is InChI=1S/C4H5OS/c5-2-1-4-3-6-4/h4H,1,3H2. The predicted molar refractivity (Wildman–Crippen MR) is 26.6 cm³/mol. The third kappa shape index (κ3) is 1.01. The Balaban J connectivity index is 2.00. The fourth-order valence-electron chi connectivity index (χ4n) is 0.279. The Labute approximate surface area is 41.1 Å². The smallest absolute Gasteiger partial charge is 0.199 e. The van der Waals surface area contributed by atoms with Gasteiger partial charge in [-0.1, -0.05) is 0 Å². The quantitative estimate of drug-likeness (QED) is 0.474. The summed E-state index contributed by atoms with van der Waals surface area (Å²) in [5, 5.41) is 0.641. The Morgan fingerprint density at radius 3 is 2.83 bits per heavy atom. The van der Waals surface area contributed by atoms with Gasteiger partial charge in [-0.3, -0.25) is 4.79 Å². The topological polar surface area (TPSA) is 17.1 Å². The monoisotopic (exact) mass is 101 g/mol. The zero-order chi connectivity index (χ0) is 4.41. The van der Waals surface area contributed by atoms with E-state index >= 15 is 0 Å². The SMILES string of the molecule is O=[C]CC1CS1. The van der Waals surface area contributed by atoms with Crippen molar-refractivity contribution in [3.8, 4) is 0 Å². The molecule has 0 aromatic rings. The minimum absolute atomic E-state index is 0.641. The highest BCUT2D eigenvalue weighted by Gasteiger charge is 2.21. The number of hydrogen-bond donors (Lipinski definition) is 0. The first kappa shape index (κ1) is 4.19. The highest BCUT2D eigenvalue weighted by Crippen LogP contribution is 2.31. The molecule has 2 heteroatoms. The van der Waals surface area contributed by atoms with Crippen LogP contribution in [0.4, 0.5) is 0 Å². The molecule has 1 heterocycles. The zero-order valence-corrected chi connectivity index (χ0v) is 4.12. The summed E-state index contributed by atoms with van der Waals surface area (Å²) in [6.07, 6.45) is 2.50. The molecule has 1 saturated heterocycles. The molecule has 1 nitrogen and oxygen atoms in total. The maximum atomic E-state index is 9.52. The van der Waals surface area contributed by atoms with Crippen LogP contribution in [-0.4, -0.2) is 17.3 Å². The highest BCUT2D eigenvalue weighted by atomic mass is 32.2. The van der Waals surface area contributed by atoms with E-state index in [9.17, 15) is 4.79 Å². The molecule has 1 fully saturated rings. The molecule has 1 aliphatic heterocycles. The van der Waals surface area contributed by atoms with Gasteiger partial charge in [-0.15, -0.1) is 0 Å². The van der Waals surface area contributed by atoms with E-state index in [1.54, 1.807) is 0 Å². The second kappa shape index (κ2) is 1.65. The average Bonchev–Trinajstić information content (AvgIpc) is 2.21. The van der Waals surface area contributed by atoms with E-state index in [-0.39, 0.29) is 0 Å². The maximum Gasteiger partial charge on any atom is 0.199 e. The number of rotatable bonds is 2. The van der Waals surface area contributed by atoms with Crippen molar-refractivity contribution in [2.75, 3.05) is 5.75 Å². The van der Waals surface area contributed by atoms with E-state index in [1.165, 1.54) is 5.75 Å². The second-order valence-corrected chi connectivity index (χ2v) is 2.64. The molecule has 1 atom stereocenters. The largest absolute Gasteiger partial charge is 0.291 e. The van der Waals surface area contributed by atoms with E-state index < -0.39 is 0 Å². The van der Waals surface area contributed by atoms with Crippen LogP contribution in [0.3, 0.4) is 0 Å². The summed E-state index contributed by atoms with van der Waals surface area (Å²) in [5.41, 5.74) is 0. The van der Waals surface area contributed by atoms with Gasteiger partial charge in [0.1, 0.15) is 0 Å². The lowest BCUT2D eigenvalue weighted by atomic mass is 10.4. The Morgan fingerprint density at radius 2 is 2.67 bits per heavy atom. The van der Waals surface area contributed by atoms with Crippen LogP contribution in [0.5, 0.6) is 0 Å². The lowest BCUT2D eigenvalue weighted by Gasteiger charge is -1.69. The molecule has 1 rings (SSSR count). The van der Waals surface area contributed by atoms with Crippen molar-refractivity contribution < 1.29 is 4.79 Å². The molecule has 6 heavy (non-hydrogen) atoms. The Kier molecular flexibility index (Phi) is 1.15. The minimum Gasteiger partial charge on any atom is -0.291 e. The van der Waals surface area contributed by atoms with Crippen LogP contribution in [0.1, 0.15) is 6.42 Å². The van der Waals surface area contributed by atoms with Gasteiger partial charge in [-0.25, -0.2) is 0 Å². The number of thioether (sulfide) groups is 1. The van der Waals surface area contributed by atoms with Crippen LogP contribution >= 0.6 is 11.8 Å². The summed E-state index contributed by atoms with van der Waals surface area (Å²) in [6, 6.07) is 0. The summed E-state index contributed by atoms with van der Waals surface area (Å²) in [6.45, 7) is 0. The van der Waals surface area contributed by atoms with E-state index in [2.05, 4.69) is 0 Å². The molecule has 0 aromatic heterocycles. The summed E-state index contributed by atoms with van der Waals surface area (Å²) in [7, 11) is 0. The fraction of sp³-hybridized carbons (Fsp3) is 0.750. The van der Waals surface area contributed by atoms with Gasteiger partial charge in [0.25, 0.3) is 0 Å². The lowest BCUT2D eigenvalue weighted by Crippen LogP contribution is -1.80. The summed E-state index contributed by atoms with van der Waals surface area (Å²) >= 11 is 1.83. The van der Waals surface area contributed by atoms with Gasteiger partial charge in [0.2, 0.25) is 0 Å². The molecule has 33 valence electrons. The van der Waals surface area contributed by atoms with Crippen molar-refractivity contribution in [1.82, 2.24) is 0 Å². The summed E-state index contributed by atoms with van der Waals surface area (Å²) < 4.78 is 0. The van der Waals surface area contributed by atoms with E-state index in [1.807, 2.05) is 18.0 Å². The van der Waals surface area contributed by atoms with Crippen molar-refractivity contribution in [2.24, 2.45) is 0 Å². The molecule has 1 aliphatic rings. The lowest BCUT2D eigenvalue weighted by molar-refractivity contribution is 0.552. The van der Waals surface area contributed by atoms with Crippen molar-refractivity contribution in [1.29, 1.82) is 0 Å². The van der Waals surface area contributed by atoms with Crippen LogP contribution in [-0.2, 0) is 4.79 Å². The van der Waals surface area contributed by atoms with Gasteiger partial charge in [-0.2, -0.15) is 11.8 Å². The number of carbonyl (C=O) groups excluding carboxylic acids is 1. The Morgan fingerprint density at radius 1 is 2.00 bits per heavy atom. The van der Waals surface area contributed by atoms with Crippen molar-refractivity contribution in [3.63, 3.8) is 0 Å². The first-order valence-corrected chi connectivity index (χ1v) is 2.95. The van der Waals surface area contributed by atoms with Gasteiger partial charge in [0.15, 0.2) is 6.29 Å². The molecular weight excluding hydrogens is 96.1 g/mol. The van der Waals surface area contributed by atoms with E-state index in [0.717, 1.165) is 0 Å². The second-order valence-electron chi connectivity index (χ2n) is 1.30. The van der Waals surface area contributed by atoms with Crippen molar-refractivity contribution in [3.05, 3.63) is 0 Å². The van der Waals surface area contributed by atoms with Gasteiger partial charge < -0.3 is 0 Å². The minimum atomic E-state index is 0.641. The molecule has 0 aliphatic carbocycles. The molecule has 1 unspecified atom stereocenters. The van der Waals surface area contributed by atoms with Crippen molar-refractivity contribution in [2.45, 2.75) is 11.7 Å². The molecule has 0 N–H and O–H groups in total. The summed E-state index contributed by atoms with van der Waals surface area (Å²) in [4.78, 5) is 9.52. The van der Waals surface area contributed by atoms with Gasteiger partial charge in [0, 0.05) is 17.4 Å². The molecule has 0 amide bonds. The van der Waals surface area contributed by atoms with Crippen LogP contribution in [0, 0.1) is 0 Å². The van der Waals surface area contributed by atoms with Crippen LogP contribution in [0.2, 0.25) is 0 Å². The first-order valence-electron chi connectivity index (χ1n) is 1.90. The first-order chi connectivity index (χ1) is 2.93. The maximum absolute atomic E-state index is 9.52. The number of hydrogen-bond acceptors (Lipinski definition) is 2. The average molecular weight is 101 g/mol. The van der Waals surface area contributed by atoms with Gasteiger partial charge in [-0.05, 0) is 0 Å². The predicted octanol–water partition coefficient (Wildman–Crippen LogP) is 0.602.